The molecule has 0 bridgehead atoms. The number of carbonyl (C=O) groups excluding carboxylic acids is 1. The van der Waals surface area contributed by atoms with Gasteiger partial charge in [0.1, 0.15) is 16.9 Å². The van der Waals surface area contributed by atoms with Crippen LogP contribution in [0.15, 0.2) is 45.6 Å². The van der Waals surface area contributed by atoms with Crippen molar-refractivity contribution in [1.82, 2.24) is 0 Å². The topological polar surface area (TPSA) is 56.5 Å². The molecule has 0 aliphatic heterocycles. The van der Waals surface area contributed by atoms with Gasteiger partial charge >= 0.3 is 13.1 Å². The molecule has 0 saturated carbocycles. The second-order valence-corrected chi connectivity index (χ2v) is 3.98. The van der Waals surface area contributed by atoms with Crippen molar-refractivity contribution in [3.8, 4) is 0 Å². The summed E-state index contributed by atoms with van der Waals surface area (Å²) in [5.74, 6) is -1.03. The number of ketones is 1. The zero-order valence-corrected chi connectivity index (χ0v) is 10.4. The Hall–Kier alpha value is -2.44. The molecule has 1 heterocycles. The number of hydrogen-bond acceptors (Lipinski definition) is 4. The van der Waals surface area contributed by atoms with Crippen LogP contribution in [0.4, 0.5) is 8.63 Å². The van der Waals surface area contributed by atoms with E-state index in [1.165, 1.54) is 6.07 Å². The molecule has 0 aliphatic carbocycles. The Morgan fingerprint density at radius 1 is 1.35 bits per heavy atom. The lowest BCUT2D eigenvalue weighted by atomic mass is 10.1. The molecule has 0 atom stereocenters. The van der Waals surface area contributed by atoms with Gasteiger partial charge in [-0.25, -0.2) is 13.4 Å². The smallest absolute Gasteiger partial charge is 0.504 e. The Kier molecular flexibility index (Phi) is 3.98. The van der Waals surface area contributed by atoms with E-state index < -0.39 is 24.6 Å². The normalized spacial score (nSPS) is 11.4. The second kappa shape index (κ2) is 5.69. The highest BCUT2D eigenvalue weighted by atomic mass is 19.2. The Bertz CT molecular complexity index is 736. The summed E-state index contributed by atoms with van der Waals surface area (Å²) in [5.41, 5.74) is -0.753. The molecule has 0 amide bonds. The van der Waals surface area contributed by atoms with E-state index in [2.05, 4.69) is 4.65 Å². The number of benzene rings is 1. The predicted octanol–water partition coefficient (Wildman–Crippen LogP) is 2.66. The average Bonchev–Trinajstić information content (AvgIpc) is 2.36. The zero-order chi connectivity index (χ0) is 14.7. The summed E-state index contributed by atoms with van der Waals surface area (Å²) in [7, 11) is -3.15. The van der Waals surface area contributed by atoms with E-state index in [0.29, 0.717) is 11.0 Å². The Labute approximate surface area is 112 Å². The highest BCUT2D eigenvalue weighted by Gasteiger charge is 2.23. The standard InChI is InChI=1S/C13H9BF2O4/c1-8(17)6-12(20-14(15)16)10-7-9-4-2-3-5-11(9)19-13(10)18/h2-7H,1H3/b12-6-. The summed E-state index contributed by atoms with van der Waals surface area (Å²) in [6.45, 7) is 1.16. The first kappa shape index (κ1) is 14.0. The minimum Gasteiger partial charge on any atom is -0.504 e. The van der Waals surface area contributed by atoms with Gasteiger partial charge in [0.2, 0.25) is 0 Å². The maximum atomic E-state index is 12.4. The highest BCUT2D eigenvalue weighted by molar-refractivity contribution is 6.36. The number of carbonyl (C=O) groups is 1. The summed E-state index contributed by atoms with van der Waals surface area (Å²) < 4.78 is 33.9. The van der Waals surface area contributed by atoms with Crippen LogP contribution in [-0.4, -0.2) is 13.3 Å². The van der Waals surface area contributed by atoms with Crippen LogP contribution in [-0.2, 0) is 9.45 Å². The molecule has 0 saturated heterocycles. The first-order valence-electron chi connectivity index (χ1n) is 5.67. The molecular formula is C13H9BF2O4. The molecule has 2 aromatic rings. The van der Waals surface area contributed by atoms with Crippen molar-refractivity contribution in [2.45, 2.75) is 6.92 Å². The van der Waals surface area contributed by atoms with E-state index >= 15 is 0 Å². The summed E-state index contributed by atoms with van der Waals surface area (Å²) >= 11 is 0. The van der Waals surface area contributed by atoms with Gasteiger partial charge in [0, 0.05) is 11.5 Å². The molecule has 7 heteroatoms. The van der Waals surface area contributed by atoms with Gasteiger partial charge in [0.15, 0.2) is 5.78 Å². The van der Waals surface area contributed by atoms with Crippen molar-refractivity contribution in [3.05, 3.63) is 52.4 Å². The molecule has 4 nitrogen and oxygen atoms in total. The fraction of sp³-hybridized carbons (Fsp3) is 0.0769. The number of halogens is 2. The minimum absolute atomic E-state index is 0.223. The maximum Gasteiger partial charge on any atom is 0.796 e. The van der Waals surface area contributed by atoms with Gasteiger partial charge in [-0.15, -0.1) is 0 Å². The van der Waals surface area contributed by atoms with Gasteiger partial charge in [0.05, 0.1) is 0 Å². The van der Waals surface area contributed by atoms with Crippen molar-refractivity contribution in [1.29, 1.82) is 0 Å². The Balaban J connectivity index is 2.61. The van der Waals surface area contributed by atoms with E-state index in [1.807, 2.05) is 0 Å². The van der Waals surface area contributed by atoms with E-state index in [-0.39, 0.29) is 5.56 Å². The molecule has 0 N–H and O–H groups in total. The molecule has 20 heavy (non-hydrogen) atoms. The van der Waals surface area contributed by atoms with E-state index in [9.17, 15) is 18.2 Å². The number of rotatable bonds is 4. The van der Waals surface area contributed by atoms with Crippen LogP contribution in [0.3, 0.4) is 0 Å². The van der Waals surface area contributed by atoms with Crippen LogP contribution < -0.4 is 5.63 Å². The van der Waals surface area contributed by atoms with E-state index in [0.717, 1.165) is 13.0 Å². The first-order valence-corrected chi connectivity index (χ1v) is 5.67. The summed E-state index contributed by atoms with van der Waals surface area (Å²) in [4.78, 5) is 22.8. The van der Waals surface area contributed by atoms with Crippen LogP contribution in [0.2, 0.25) is 0 Å². The molecule has 1 aromatic carbocycles. The maximum absolute atomic E-state index is 12.4. The molecule has 0 spiro atoms. The lowest BCUT2D eigenvalue weighted by Crippen LogP contribution is -2.13. The summed E-state index contributed by atoms with van der Waals surface area (Å²) in [5, 5.41) is 0.536. The molecule has 1 aromatic heterocycles. The van der Waals surface area contributed by atoms with Crippen molar-refractivity contribution in [2.24, 2.45) is 0 Å². The Morgan fingerprint density at radius 3 is 2.70 bits per heavy atom. The minimum atomic E-state index is -3.15. The zero-order valence-electron chi connectivity index (χ0n) is 10.4. The number of hydrogen-bond donors (Lipinski definition) is 0. The third-order valence-electron chi connectivity index (χ3n) is 2.46. The lowest BCUT2D eigenvalue weighted by molar-refractivity contribution is -0.112. The molecule has 0 radical (unpaired) electrons. The largest absolute Gasteiger partial charge is 0.796 e. The Morgan fingerprint density at radius 2 is 2.05 bits per heavy atom. The van der Waals surface area contributed by atoms with Crippen molar-refractivity contribution >= 4 is 30.0 Å². The van der Waals surface area contributed by atoms with E-state index in [1.54, 1.807) is 24.3 Å². The monoisotopic (exact) mass is 278 g/mol. The third kappa shape index (κ3) is 3.11. The van der Waals surface area contributed by atoms with Crippen LogP contribution in [0.1, 0.15) is 12.5 Å². The number of allylic oxidation sites excluding steroid dienone is 1. The van der Waals surface area contributed by atoms with E-state index in [4.69, 9.17) is 4.42 Å². The highest BCUT2D eigenvalue weighted by Crippen LogP contribution is 2.20. The van der Waals surface area contributed by atoms with Crippen LogP contribution in [0.25, 0.3) is 16.7 Å². The fourth-order valence-electron chi connectivity index (χ4n) is 1.69. The fourth-order valence-corrected chi connectivity index (χ4v) is 1.69. The summed E-state index contributed by atoms with van der Waals surface area (Å²) in [6.07, 6.45) is 0.827. The SMILES string of the molecule is CC(=O)/C=C(\OB(F)F)c1cc2ccccc2oc1=O. The third-order valence-corrected chi connectivity index (χ3v) is 2.46. The van der Waals surface area contributed by atoms with Crippen molar-refractivity contribution in [2.75, 3.05) is 0 Å². The molecule has 0 aliphatic rings. The molecule has 0 unspecified atom stereocenters. The lowest BCUT2D eigenvalue weighted by Gasteiger charge is -2.07. The summed E-state index contributed by atoms with van der Waals surface area (Å²) in [6, 6.07) is 7.94. The number of para-hydroxylation sites is 1. The van der Waals surface area contributed by atoms with Crippen LogP contribution >= 0.6 is 0 Å². The van der Waals surface area contributed by atoms with Gasteiger partial charge in [-0.1, -0.05) is 18.2 Å². The van der Waals surface area contributed by atoms with Gasteiger partial charge in [0.25, 0.3) is 0 Å². The van der Waals surface area contributed by atoms with Gasteiger partial charge in [-0.2, -0.15) is 0 Å². The second-order valence-electron chi connectivity index (χ2n) is 3.98. The van der Waals surface area contributed by atoms with Crippen LogP contribution in [0, 0.1) is 0 Å². The molecule has 2 rings (SSSR count). The quantitative estimate of drug-likeness (QED) is 0.373. The number of fused-ring (bicyclic) bond motifs is 1. The van der Waals surface area contributed by atoms with Gasteiger partial charge in [-0.05, 0) is 19.1 Å². The molecule has 0 fully saturated rings. The predicted molar refractivity (Wildman–Crippen MR) is 70.2 cm³/mol. The first-order chi connectivity index (χ1) is 9.47. The van der Waals surface area contributed by atoms with Gasteiger partial charge in [-0.3, -0.25) is 4.79 Å². The van der Waals surface area contributed by atoms with Crippen molar-refractivity contribution in [3.63, 3.8) is 0 Å². The van der Waals surface area contributed by atoms with Gasteiger partial charge < -0.3 is 9.07 Å². The molecule has 102 valence electrons. The molecular weight excluding hydrogens is 269 g/mol. The average molecular weight is 278 g/mol. The van der Waals surface area contributed by atoms with Crippen LogP contribution in [0.5, 0.6) is 0 Å². The van der Waals surface area contributed by atoms with Crippen molar-refractivity contribution < 1.29 is 22.5 Å².